The molecular formula is C28H55BrO6. The first kappa shape index (κ1) is 34.8. The first-order valence-electron chi connectivity index (χ1n) is 14.3. The highest BCUT2D eigenvalue weighted by Crippen LogP contribution is 2.17. The molecule has 35 heavy (non-hydrogen) atoms. The molecule has 0 radical (unpaired) electrons. The highest BCUT2D eigenvalue weighted by Gasteiger charge is 2.14. The van der Waals surface area contributed by atoms with Crippen LogP contribution in [0.1, 0.15) is 110 Å². The average Bonchev–Trinajstić information content (AvgIpc) is 2.86. The normalized spacial score (nSPS) is 11.4. The first-order chi connectivity index (χ1) is 17.2. The highest BCUT2D eigenvalue weighted by molar-refractivity contribution is 9.09. The molecule has 0 spiro atoms. The minimum Gasteiger partial charge on any atom is -0.462 e. The standard InChI is InChI=1S/C28H55BrO6/c1-3-5-7-9-11-13-15-27(16-14-12-10-8-6-4-2)35-28(30)17-19-31-21-23-33-25-26-34-24-22-32-20-18-29/h27H,3-26H2,1-2H3. The van der Waals surface area contributed by atoms with Crippen molar-refractivity contribution in [3.05, 3.63) is 0 Å². The fourth-order valence-electron chi connectivity index (χ4n) is 3.78. The number of halogens is 1. The van der Waals surface area contributed by atoms with Crippen molar-refractivity contribution in [2.24, 2.45) is 0 Å². The van der Waals surface area contributed by atoms with Crippen LogP contribution in [0, 0.1) is 0 Å². The molecule has 0 fully saturated rings. The van der Waals surface area contributed by atoms with Crippen molar-refractivity contribution in [3.8, 4) is 0 Å². The Morgan fingerprint density at radius 2 is 0.971 bits per heavy atom. The molecule has 0 saturated carbocycles. The third kappa shape index (κ3) is 28.2. The van der Waals surface area contributed by atoms with E-state index < -0.39 is 0 Å². The van der Waals surface area contributed by atoms with Crippen molar-refractivity contribution in [1.82, 2.24) is 0 Å². The Balaban J connectivity index is 3.83. The Hall–Kier alpha value is -0.210. The van der Waals surface area contributed by atoms with Crippen molar-refractivity contribution >= 4 is 21.9 Å². The van der Waals surface area contributed by atoms with Gasteiger partial charge in [-0.25, -0.2) is 0 Å². The van der Waals surface area contributed by atoms with Gasteiger partial charge in [-0.2, -0.15) is 0 Å². The molecule has 0 atom stereocenters. The lowest BCUT2D eigenvalue weighted by molar-refractivity contribution is -0.151. The number of hydrogen-bond donors (Lipinski definition) is 0. The number of hydrogen-bond acceptors (Lipinski definition) is 6. The average molecular weight is 568 g/mol. The summed E-state index contributed by atoms with van der Waals surface area (Å²) in [6.07, 6.45) is 17.5. The summed E-state index contributed by atoms with van der Waals surface area (Å²) in [5.41, 5.74) is 0. The Morgan fingerprint density at radius 1 is 0.571 bits per heavy atom. The fraction of sp³-hybridized carbons (Fsp3) is 0.964. The lowest BCUT2D eigenvalue weighted by Gasteiger charge is -2.18. The van der Waals surface area contributed by atoms with Gasteiger partial charge in [-0.05, 0) is 25.7 Å². The number of esters is 1. The summed E-state index contributed by atoms with van der Waals surface area (Å²) in [7, 11) is 0. The quantitative estimate of drug-likeness (QED) is 0.0539. The van der Waals surface area contributed by atoms with Crippen molar-refractivity contribution in [3.63, 3.8) is 0 Å². The Labute approximate surface area is 224 Å². The van der Waals surface area contributed by atoms with Gasteiger partial charge in [0.05, 0.1) is 59.3 Å². The van der Waals surface area contributed by atoms with Crippen LogP contribution in [-0.2, 0) is 28.5 Å². The van der Waals surface area contributed by atoms with Crippen LogP contribution in [0.2, 0.25) is 0 Å². The monoisotopic (exact) mass is 566 g/mol. The Kier molecular flexibility index (Phi) is 29.8. The van der Waals surface area contributed by atoms with E-state index in [1.165, 1.54) is 64.2 Å². The van der Waals surface area contributed by atoms with Gasteiger partial charge in [0.2, 0.25) is 0 Å². The maximum atomic E-state index is 12.3. The highest BCUT2D eigenvalue weighted by atomic mass is 79.9. The fourth-order valence-corrected chi connectivity index (χ4v) is 4.01. The predicted octanol–water partition coefficient (Wildman–Crippen LogP) is 7.25. The SMILES string of the molecule is CCCCCCCCC(CCCCCCCC)OC(=O)CCOCCOCCOCCOCCBr. The number of alkyl halides is 1. The van der Waals surface area contributed by atoms with Gasteiger partial charge in [-0.3, -0.25) is 4.79 Å². The zero-order chi connectivity index (χ0) is 25.7. The summed E-state index contributed by atoms with van der Waals surface area (Å²) in [5.74, 6) is -0.136. The second kappa shape index (κ2) is 30.0. The van der Waals surface area contributed by atoms with Crippen LogP contribution in [0.3, 0.4) is 0 Å². The molecule has 6 nitrogen and oxygen atoms in total. The summed E-state index contributed by atoms with van der Waals surface area (Å²) < 4.78 is 27.6. The van der Waals surface area contributed by atoms with E-state index in [1.807, 2.05) is 0 Å². The molecule has 0 aliphatic carbocycles. The molecule has 0 aliphatic rings. The van der Waals surface area contributed by atoms with E-state index in [4.69, 9.17) is 23.7 Å². The number of unbranched alkanes of at least 4 members (excludes halogenated alkanes) is 10. The third-order valence-electron chi connectivity index (χ3n) is 5.85. The molecule has 0 rings (SSSR count). The molecule has 0 saturated heterocycles. The van der Waals surface area contributed by atoms with E-state index >= 15 is 0 Å². The van der Waals surface area contributed by atoms with Gasteiger partial charge in [0.15, 0.2) is 0 Å². The van der Waals surface area contributed by atoms with Gasteiger partial charge < -0.3 is 23.7 Å². The molecule has 0 unspecified atom stereocenters. The maximum Gasteiger partial charge on any atom is 0.308 e. The predicted molar refractivity (Wildman–Crippen MR) is 148 cm³/mol. The van der Waals surface area contributed by atoms with Crippen LogP contribution in [0.25, 0.3) is 0 Å². The van der Waals surface area contributed by atoms with Crippen molar-refractivity contribution in [2.75, 3.05) is 58.2 Å². The lowest BCUT2D eigenvalue weighted by Crippen LogP contribution is -2.20. The first-order valence-corrected chi connectivity index (χ1v) is 15.4. The van der Waals surface area contributed by atoms with E-state index in [0.717, 1.165) is 31.0 Å². The molecule has 0 bridgehead atoms. The number of carbonyl (C=O) groups is 1. The van der Waals surface area contributed by atoms with Crippen LogP contribution in [0.5, 0.6) is 0 Å². The van der Waals surface area contributed by atoms with Crippen LogP contribution in [0.15, 0.2) is 0 Å². The summed E-state index contributed by atoms with van der Waals surface area (Å²) in [6, 6.07) is 0. The molecule has 7 heteroatoms. The summed E-state index contributed by atoms with van der Waals surface area (Å²) in [5, 5.41) is 0.840. The van der Waals surface area contributed by atoms with Crippen LogP contribution in [0.4, 0.5) is 0 Å². The van der Waals surface area contributed by atoms with Gasteiger partial charge in [-0.1, -0.05) is 94.0 Å². The number of rotatable bonds is 29. The van der Waals surface area contributed by atoms with Gasteiger partial charge in [0.25, 0.3) is 0 Å². The minimum atomic E-state index is -0.136. The van der Waals surface area contributed by atoms with E-state index in [-0.39, 0.29) is 12.1 Å². The molecule has 0 aromatic heterocycles. The van der Waals surface area contributed by atoms with Crippen LogP contribution < -0.4 is 0 Å². The largest absolute Gasteiger partial charge is 0.462 e. The molecular weight excluding hydrogens is 512 g/mol. The van der Waals surface area contributed by atoms with Crippen LogP contribution in [-0.4, -0.2) is 70.3 Å². The van der Waals surface area contributed by atoms with Crippen LogP contribution >= 0.6 is 15.9 Å². The smallest absolute Gasteiger partial charge is 0.308 e. The summed E-state index contributed by atoms with van der Waals surface area (Å²) in [6.45, 7) is 8.79. The minimum absolute atomic E-state index is 0.0630. The second-order valence-electron chi connectivity index (χ2n) is 9.11. The lowest BCUT2D eigenvalue weighted by atomic mass is 10.0. The van der Waals surface area contributed by atoms with E-state index in [9.17, 15) is 4.79 Å². The molecule has 0 N–H and O–H groups in total. The molecule has 0 aromatic carbocycles. The molecule has 0 aliphatic heterocycles. The zero-order valence-electron chi connectivity index (χ0n) is 22.9. The number of carbonyl (C=O) groups excluding carboxylic acids is 1. The van der Waals surface area contributed by atoms with Gasteiger partial charge in [0.1, 0.15) is 6.10 Å². The topological polar surface area (TPSA) is 63.2 Å². The van der Waals surface area contributed by atoms with Crippen molar-refractivity contribution < 1.29 is 28.5 Å². The molecule has 0 amide bonds. The Morgan fingerprint density at radius 3 is 1.43 bits per heavy atom. The maximum absolute atomic E-state index is 12.3. The summed E-state index contributed by atoms with van der Waals surface area (Å²) >= 11 is 3.31. The van der Waals surface area contributed by atoms with Crippen molar-refractivity contribution in [2.45, 2.75) is 116 Å². The third-order valence-corrected chi connectivity index (χ3v) is 6.17. The van der Waals surface area contributed by atoms with E-state index in [2.05, 4.69) is 29.8 Å². The molecule has 0 heterocycles. The van der Waals surface area contributed by atoms with E-state index in [1.54, 1.807) is 0 Å². The van der Waals surface area contributed by atoms with E-state index in [0.29, 0.717) is 59.3 Å². The zero-order valence-corrected chi connectivity index (χ0v) is 24.5. The van der Waals surface area contributed by atoms with Gasteiger partial charge in [-0.15, -0.1) is 0 Å². The van der Waals surface area contributed by atoms with Gasteiger partial charge >= 0.3 is 5.97 Å². The summed E-state index contributed by atoms with van der Waals surface area (Å²) in [4.78, 5) is 12.3. The number of ether oxygens (including phenoxy) is 5. The molecule has 0 aromatic rings. The molecule has 210 valence electrons. The Bertz CT molecular complexity index is 408. The van der Waals surface area contributed by atoms with Gasteiger partial charge in [0, 0.05) is 5.33 Å². The second-order valence-corrected chi connectivity index (χ2v) is 9.91. The van der Waals surface area contributed by atoms with Crippen molar-refractivity contribution in [1.29, 1.82) is 0 Å².